The van der Waals surface area contributed by atoms with Crippen molar-refractivity contribution in [1.29, 1.82) is 0 Å². The molecule has 0 heterocycles. The van der Waals surface area contributed by atoms with Crippen molar-refractivity contribution in [3.05, 3.63) is 29.8 Å². The molecule has 0 amide bonds. The van der Waals surface area contributed by atoms with Gasteiger partial charge in [0.05, 0.1) is 6.61 Å². The standard InChI is InChI=1S/C28H46O4/c1-3-5-6-7-8-11-14-17-23-31-27(29)21-15-12-9-10-13-16-22-28(30)32-26-20-18-19-25(4-2)24-26/h18-20,24H,3-17,21-23H2,1-2H3. The van der Waals surface area contributed by atoms with Crippen LogP contribution in [0.3, 0.4) is 0 Å². The van der Waals surface area contributed by atoms with E-state index >= 15 is 0 Å². The third-order valence-corrected chi connectivity index (χ3v) is 5.81. The molecule has 0 bridgehead atoms. The lowest BCUT2D eigenvalue weighted by atomic mass is 10.1. The lowest BCUT2D eigenvalue weighted by Gasteiger charge is -2.06. The number of benzene rings is 1. The molecule has 0 atom stereocenters. The van der Waals surface area contributed by atoms with E-state index in [-0.39, 0.29) is 11.9 Å². The van der Waals surface area contributed by atoms with Crippen molar-refractivity contribution in [2.75, 3.05) is 6.61 Å². The highest BCUT2D eigenvalue weighted by atomic mass is 16.5. The van der Waals surface area contributed by atoms with E-state index in [9.17, 15) is 9.59 Å². The smallest absolute Gasteiger partial charge is 0.311 e. The molecule has 1 aromatic carbocycles. The Labute approximate surface area is 196 Å². The van der Waals surface area contributed by atoms with E-state index < -0.39 is 0 Å². The van der Waals surface area contributed by atoms with Crippen molar-refractivity contribution in [3.8, 4) is 5.75 Å². The van der Waals surface area contributed by atoms with Crippen LogP contribution in [0.2, 0.25) is 0 Å². The Morgan fingerprint density at radius 2 is 1.25 bits per heavy atom. The molecule has 0 aliphatic rings. The fraction of sp³-hybridized carbons (Fsp3) is 0.714. The highest BCUT2D eigenvalue weighted by Gasteiger charge is 2.06. The number of aryl methyl sites for hydroxylation is 1. The third-order valence-electron chi connectivity index (χ3n) is 5.81. The maximum absolute atomic E-state index is 11.9. The fourth-order valence-corrected chi connectivity index (χ4v) is 3.75. The Hall–Kier alpha value is -1.84. The summed E-state index contributed by atoms with van der Waals surface area (Å²) in [5.74, 6) is 0.434. The second-order valence-corrected chi connectivity index (χ2v) is 8.79. The predicted molar refractivity (Wildman–Crippen MR) is 132 cm³/mol. The minimum atomic E-state index is -0.155. The van der Waals surface area contributed by atoms with E-state index in [0.717, 1.165) is 57.8 Å². The Bertz CT molecular complexity index is 611. The first-order valence-corrected chi connectivity index (χ1v) is 13.1. The van der Waals surface area contributed by atoms with E-state index in [1.807, 2.05) is 24.3 Å². The largest absolute Gasteiger partial charge is 0.466 e. The summed E-state index contributed by atoms with van der Waals surface area (Å²) in [6.45, 7) is 4.90. The molecule has 4 heteroatoms. The maximum Gasteiger partial charge on any atom is 0.311 e. The van der Waals surface area contributed by atoms with Crippen LogP contribution in [0.4, 0.5) is 0 Å². The second kappa shape index (κ2) is 19.8. The van der Waals surface area contributed by atoms with Crippen LogP contribution in [0, 0.1) is 0 Å². The summed E-state index contributed by atoms with van der Waals surface area (Å²) in [5.41, 5.74) is 1.17. The average molecular weight is 447 g/mol. The Balaban J connectivity index is 1.87. The quantitative estimate of drug-likeness (QED) is 0.116. The third kappa shape index (κ3) is 15.9. The van der Waals surface area contributed by atoms with Gasteiger partial charge in [-0.25, -0.2) is 0 Å². The second-order valence-electron chi connectivity index (χ2n) is 8.79. The Kier molecular flexibility index (Phi) is 17.5. The van der Waals surface area contributed by atoms with Crippen molar-refractivity contribution in [2.24, 2.45) is 0 Å². The predicted octanol–water partition coefficient (Wildman–Crippen LogP) is 7.96. The van der Waals surface area contributed by atoms with E-state index in [4.69, 9.17) is 9.47 Å². The van der Waals surface area contributed by atoms with Gasteiger partial charge in [0.15, 0.2) is 0 Å². The summed E-state index contributed by atoms with van der Waals surface area (Å²) in [6.07, 6.45) is 18.0. The molecular formula is C28H46O4. The molecule has 0 spiro atoms. The van der Waals surface area contributed by atoms with Crippen molar-refractivity contribution in [3.63, 3.8) is 0 Å². The van der Waals surface area contributed by atoms with E-state index in [0.29, 0.717) is 25.2 Å². The minimum Gasteiger partial charge on any atom is -0.466 e. The number of carbonyl (C=O) groups excluding carboxylic acids is 2. The molecule has 0 fully saturated rings. The van der Waals surface area contributed by atoms with Crippen LogP contribution in [0.1, 0.15) is 122 Å². The Morgan fingerprint density at radius 1 is 0.688 bits per heavy atom. The number of esters is 2. The number of hydrogen-bond acceptors (Lipinski definition) is 4. The molecule has 0 saturated heterocycles. The SMILES string of the molecule is CCCCCCCCCCOC(=O)CCCCCCCCC(=O)Oc1cccc(CC)c1. The van der Waals surface area contributed by atoms with Crippen LogP contribution in [-0.2, 0) is 20.7 Å². The van der Waals surface area contributed by atoms with Gasteiger partial charge >= 0.3 is 11.9 Å². The van der Waals surface area contributed by atoms with Gasteiger partial charge in [-0.1, -0.05) is 96.6 Å². The molecule has 0 aromatic heterocycles. The monoisotopic (exact) mass is 446 g/mol. The molecule has 0 aliphatic heterocycles. The summed E-state index contributed by atoms with van der Waals surface area (Å²) in [5, 5.41) is 0. The van der Waals surface area contributed by atoms with Gasteiger partial charge in [0.2, 0.25) is 0 Å². The van der Waals surface area contributed by atoms with E-state index in [1.165, 1.54) is 44.1 Å². The first-order valence-electron chi connectivity index (χ1n) is 13.1. The van der Waals surface area contributed by atoms with Crippen LogP contribution >= 0.6 is 0 Å². The average Bonchev–Trinajstić information content (AvgIpc) is 2.79. The number of unbranched alkanes of at least 4 members (excludes halogenated alkanes) is 12. The Morgan fingerprint density at radius 3 is 1.88 bits per heavy atom. The fourth-order valence-electron chi connectivity index (χ4n) is 3.75. The van der Waals surface area contributed by atoms with Gasteiger partial charge in [0.25, 0.3) is 0 Å². The first kappa shape index (κ1) is 28.2. The van der Waals surface area contributed by atoms with Crippen LogP contribution < -0.4 is 4.74 Å². The summed E-state index contributed by atoms with van der Waals surface area (Å²) >= 11 is 0. The number of carbonyl (C=O) groups is 2. The minimum absolute atomic E-state index is 0.0529. The molecule has 0 radical (unpaired) electrons. The molecule has 1 rings (SSSR count). The molecule has 0 saturated carbocycles. The van der Waals surface area contributed by atoms with Gasteiger partial charge in [-0.15, -0.1) is 0 Å². The number of ether oxygens (including phenoxy) is 2. The normalized spacial score (nSPS) is 10.8. The van der Waals surface area contributed by atoms with Crippen LogP contribution in [0.5, 0.6) is 5.75 Å². The lowest BCUT2D eigenvalue weighted by Crippen LogP contribution is -2.07. The topological polar surface area (TPSA) is 52.6 Å². The van der Waals surface area contributed by atoms with Crippen LogP contribution in [-0.4, -0.2) is 18.5 Å². The summed E-state index contributed by atoms with van der Waals surface area (Å²) < 4.78 is 10.7. The molecule has 0 N–H and O–H groups in total. The molecule has 182 valence electrons. The van der Waals surface area contributed by atoms with Crippen molar-refractivity contribution in [1.82, 2.24) is 0 Å². The molecule has 32 heavy (non-hydrogen) atoms. The first-order chi connectivity index (χ1) is 15.7. The van der Waals surface area contributed by atoms with Crippen molar-refractivity contribution < 1.29 is 19.1 Å². The summed E-state index contributed by atoms with van der Waals surface area (Å²) in [4.78, 5) is 23.7. The van der Waals surface area contributed by atoms with E-state index in [2.05, 4.69) is 13.8 Å². The van der Waals surface area contributed by atoms with Gasteiger partial charge in [-0.2, -0.15) is 0 Å². The molecule has 4 nitrogen and oxygen atoms in total. The van der Waals surface area contributed by atoms with Crippen LogP contribution in [0.15, 0.2) is 24.3 Å². The highest BCUT2D eigenvalue weighted by molar-refractivity contribution is 5.72. The zero-order valence-corrected chi connectivity index (χ0v) is 20.7. The zero-order valence-electron chi connectivity index (χ0n) is 20.7. The van der Waals surface area contributed by atoms with Gasteiger partial charge in [-0.05, 0) is 43.4 Å². The summed E-state index contributed by atoms with van der Waals surface area (Å²) in [7, 11) is 0. The lowest BCUT2D eigenvalue weighted by molar-refractivity contribution is -0.144. The van der Waals surface area contributed by atoms with Crippen molar-refractivity contribution in [2.45, 2.75) is 123 Å². The van der Waals surface area contributed by atoms with Gasteiger partial charge in [0, 0.05) is 12.8 Å². The number of rotatable bonds is 20. The highest BCUT2D eigenvalue weighted by Crippen LogP contribution is 2.16. The zero-order chi connectivity index (χ0) is 23.3. The van der Waals surface area contributed by atoms with Gasteiger partial charge in [-0.3, -0.25) is 9.59 Å². The molecular weight excluding hydrogens is 400 g/mol. The van der Waals surface area contributed by atoms with E-state index in [1.54, 1.807) is 0 Å². The van der Waals surface area contributed by atoms with Gasteiger partial charge in [0.1, 0.15) is 5.75 Å². The maximum atomic E-state index is 11.9. The molecule has 0 aliphatic carbocycles. The van der Waals surface area contributed by atoms with Gasteiger partial charge < -0.3 is 9.47 Å². The number of hydrogen-bond donors (Lipinski definition) is 0. The van der Waals surface area contributed by atoms with Crippen molar-refractivity contribution >= 4 is 11.9 Å². The molecule has 0 unspecified atom stereocenters. The molecule has 1 aromatic rings. The summed E-state index contributed by atoms with van der Waals surface area (Å²) in [6, 6.07) is 7.72. The van der Waals surface area contributed by atoms with Crippen LogP contribution in [0.25, 0.3) is 0 Å².